The van der Waals surface area contributed by atoms with Crippen LogP contribution in [0, 0.1) is 0 Å². The van der Waals surface area contributed by atoms with Crippen molar-refractivity contribution in [1.29, 1.82) is 0 Å². The summed E-state index contributed by atoms with van der Waals surface area (Å²) in [5.74, 6) is -3.84. The fourth-order valence-corrected chi connectivity index (χ4v) is 4.66. The Morgan fingerprint density at radius 1 is 0.585 bits per heavy atom. The van der Waals surface area contributed by atoms with Gasteiger partial charge in [-0.3, -0.25) is 19.2 Å². The van der Waals surface area contributed by atoms with Gasteiger partial charge in [-0.15, -0.1) is 0 Å². The van der Waals surface area contributed by atoms with Crippen LogP contribution in [0.5, 0.6) is 0 Å². The van der Waals surface area contributed by atoms with E-state index in [9.17, 15) is 29.4 Å². The van der Waals surface area contributed by atoms with Gasteiger partial charge in [0.05, 0.1) is 0 Å². The summed E-state index contributed by atoms with van der Waals surface area (Å²) in [6.45, 7) is 3.35. The first-order chi connectivity index (χ1) is 19.9. The summed E-state index contributed by atoms with van der Waals surface area (Å²) in [6.07, 6.45) is 27.5. The van der Waals surface area contributed by atoms with Crippen LogP contribution < -0.4 is 0 Å². The lowest BCUT2D eigenvalue weighted by molar-refractivity contribution is -0.161. The predicted octanol–water partition coefficient (Wildman–Crippen LogP) is 7.52. The summed E-state index contributed by atoms with van der Waals surface area (Å²) in [5.41, 5.74) is 0. The van der Waals surface area contributed by atoms with E-state index in [2.05, 4.69) is 38.2 Å². The minimum Gasteiger partial charge on any atom is -0.387 e. The van der Waals surface area contributed by atoms with E-state index >= 15 is 0 Å². The monoisotopic (exact) mass is 577 g/mol. The Morgan fingerprint density at radius 3 is 1.56 bits per heavy atom. The molecule has 7 nitrogen and oxygen atoms in total. The SMILES string of the molecule is CCCCC/C=C\C/C=C\CCCCCCCC(=O)N(C(=O)CO)C(=O)C(O)C(=O)CCCCCCCCCCC. The van der Waals surface area contributed by atoms with E-state index in [0.717, 1.165) is 64.2 Å². The first-order valence-corrected chi connectivity index (χ1v) is 16.4. The van der Waals surface area contributed by atoms with Gasteiger partial charge >= 0.3 is 0 Å². The molecule has 0 aromatic heterocycles. The van der Waals surface area contributed by atoms with Crippen LogP contribution >= 0.6 is 0 Å². The normalized spacial score (nSPS) is 12.3. The van der Waals surface area contributed by atoms with E-state index in [0.29, 0.717) is 12.8 Å². The average Bonchev–Trinajstić information content (AvgIpc) is 2.97. The molecule has 3 amide bonds. The second-order valence-corrected chi connectivity index (χ2v) is 11.0. The van der Waals surface area contributed by atoms with Crippen molar-refractivity contribution in [2.75, 3.05) is 6.61 Å². The van der Waals surface area contributed by atoms with Gasteiger partial charge in [0.25, 0.3) is 11.8 Å². The fraction of sp³-hybridized carbons (Fsp3) is 0.765. The van der Waals surface area contributed by atoms with Crippen molar-refractivity contribution in [3.63, 3.8) is 0 Å². The van der Waals surface area contributed by atoms with Crippen LogP contribution in [-0.2, 0) is 19.2 Å². The molecule has 0 rings (SSSR count). The number of Topliss-reactive ketones (excluding diaryl/α,β-unsaturated/α-hetero) is 1. The van der Waals surface area contributed by atoms with E-state index in [1.165, 1.54) is 51.4 Å². The molecule has 0 saturated carbocycles. The Labute approximate surface area is 249 Å². The molecule has 0 saturated heterocycles. The van der Waals surface area contributed by atoms with Gasteiger partial charge < -0.3 is 10.2 Å². The second kappa shape index (κ2) is 28.0. The van der Waals surface area contributed by atoms with Crippen LogP contribution in [-0.4, -0.2) is 51.3 Å². The van der Waals surface area contributed by atoms with E-state index < -0.39 is 36.2 Å². The predicted molar refractivity (Wildman–Crippen MR) is 166 cm³/mol. The molecular formula is C34H59NO6. The van der Waals surface area contributed by atoms with Gasteiger partial charge in [-0.25, -0.2) is 4.90 Å². The molecule has 1 unspecified atom stereocenters. The topological polar surface area (TPSA) is 112 Å². The minimum absolute atomic E-state index is 0.0169. The molecule has 0 aliphatic carbocycles. The van der Waals surface area contributed by atoms with E-state index in [4.69, 9.17) is 0 Å². The highest BCUT2D eigenvalue weighted by atomic mass is 16.3. The summed E-state index contributed by atoms with van der Waals surface area (Å²) < 4.78 is 0. The number of amides is 3. The molecule has 0 aromatic rings. The number of unbranched alkanes of at least 4 members (excludes halogenated alkanes) is 16. The molecule has 1 atom stereocenters. The van der Waals surface area contributed by atoms with Crippen LogP contribution in [0.2, 0.25) is 0 Å². The number of allylic oxidation sites excluding steroid dienone is 4. The molecule has 41 heavy (non-hydrogen) atoms. The summed E-state index contributed by atoms with van der Waals surface area (Å²) in [4.78, 5) is 50.0. The number of hydrogen-bond donors (Lipinski definition) is 2. The highest BCUT2D eigenvalue weighted by Gasteiger charge is 2.35. The highest BCUT2D eigenvalue weighted by molar-refractivity contribution is 6.17. The molecule has 0 aromatic carbocycles. The van der Waals surface area contributed by atoms with Crippen molar-refractivity contribution in [2.24, 2.45) is 0 Å². The summed E-state index contributed by atoms with van der Waals surface area (Å²) in [5, 5.41) is 19.5. The molecule has 0 spiro atoms. The Hall–Kier alpha value is -2.12. The molecule has 0 radical (unpaired) electrons. The summed E-state index contributed by atoms with van der Waals surface area (Å²) in [7, 11) is 0. The lowest BCUT2D eigenvalue weighted by Gasteiger charge is -2.20. The van der Waals surface area contributed by atoms with E-state index in [1.54, 1.807) is 0 Å². The highest BCUT2D eigenvalue weighted by Crippen LogP contribution is 2.13. The number of ketones is 1. The van der Waals surface area contributed by atoms with Crippen LogP contribution in [0.3, 0.4) is 0 Å². The Bertz CT molecular complexity index is 760. The lowest BCUT2D eigenvalue weighted by Crippen LogP contribution is -2.50. The van der Waals surface area contributed by atoms with Gasteiger partial charge in [-0.05, 0) is 44.9 Å². The van der Waals surface area contributed by atoms with Crippen LogP contribution in [0.25, 0.3) is 0 Å². The standard InChI is InChI=1S/C34H59NO6/c1-3-5-7-9-11-13-14-15-16-17-18-20-22-24-26-28-31(38)35(32(39)29-36)34(41)33(40)30(37)27-25-23-21-19-12-10-8-6-4-2/h11,13,15-16,33,36,40H,3-10,12,14,17-29H2,1-2H3/b13-11-,16-15-. The van der Waals surface area contributed by atoms with Gasteiger partial charge in [-0.1, -0.05) is 122 Å². The summed E-state index contributed by atoms with van der Waals surface area (Å²) in [6, 6.07) is 0. The van der Waals surface area contributed by atoms with Crippen molar-refractivity contribution in [3.8, 4) is 0 Å². The number of nitrogens with zero attached hydrogens (tertiary/aromatic N) is 1. The number of imide groups is 3. The zero-order valence-corrected chi connectivity index (χ0v) is 26.1. The summed E-state index contributed by atoms with van der Waals surface area (Å²) >= 11 is 0. The maximum absolute atomic E-state index is 12.6. The third-order valence-electron chi connectivity index (χ3n) is 7.26. The number of aliphatic hydroxyl groups excluding tert-OH is 2. The maximum Gasteiger partial charge on any atom is 0.272 e. The fourth-order valence-electron chi connectivity index (χ4n) is 4.66. The van der Waals surface area contributed by atoms with Gasteiger partial charge in [0.2, 0.25) is 5.91 Å². The Kier molecular flexibility index (Phi) is 26.6. The molecule has 0 aliphatic rings. The number of carbonyl (C=O) groups is 4. The zero-order valence-electron chi connectivity index (χ0n) is 26.1. The Balaban J connectivity index is 4.23. The molecule has 0 bridgehead atoms. The van der Waals surface area contributed by atoms with Crippen LogP contribution in [0.4, 0.5) is 0 Å². The Morgan fingerprint density at radius 2 is 1.02 bits per heavy atom. The molecule has 2 N–H and O–H groups in total. The lowest BCUT2D eigenvalue weighted by atomic mass is 10.0. The van der Waals surface area contributed by atoms with Gasteiger partial charge in [0.1, 0.15) is 6.61 Å². The molecule has 7 heteroatoms. The number of aliphatic hydroxyl groups is 2. The van der Waals surface area contributed by atoms with Crippen molar-refractivity contribution >= 4 is 23.5 Å². The number of hydrogen-bond acceptors (Lipinski definition) is 6. The second-order valence-electron chi connectivity index (χ2n) is 11.0. The molecule has 0 heterocycles. The van der Waals surface area contributed by atoms with Crippen LogP contribution in [0.15, 0.2) is 24.3 Å². The average molecular weight is 578 g/mol. The molecule has 0 aliphatic heterocycles. The minimum atomic E-state index is -2.06. The van der Waals surface area contributed by atoms with Crippen molar-refractivity contribution in [3.05, 3.63) is 24.3 Å². The number of carbonyl (C=O) groups excluding carboxylic acids is 4. The van der Waals surface area contributed by atoms with E-state index in [1.807, 2.05) is 0 Å². The molecular weight excluding hydrogens is 518 g/mol. The number of rotatable bonds is 27. The van der Waals surface area contributed by atoms with E-state index in [-0.39, 0.29) is 17.7 Å². The quantitative estimate of drug-likeness (QED) is 0.0593. The molecule has 236 valence electrons. The van der Waals surface area contributed by atoms with Gasteiger partial charge in [-0.2, -0.15) is 0 Å². The van der Waals surface area contributed by atoms with Crippen LogP contribution in [0.1, 0.15) is 155 Å². The van der Waals surface area contributed by atoms with Crippen molar-refractivity contribution < 1.29 is 29.4 Å². The smallest absolute Gasteiger partial charge is 0.272 e. The van der Waals surface area contributed by atoms with Crippen molar-refractivity contribution in [1.82, 2.24) is 4.90 Å². The van der Waals surface area contributed by atoms with Gasteiger partial charge in [0, 0.05) is 12.8 Å². The first-order valence-electron chi connectivity index (χ1n) is 16.4. The first kappa shape index (κ1) is 38.9. The third kappa shape index (κ3) is 21.3. The van der Waals surface area contributed by atoms with Crippen molar-refractivity contribution in [2.45, 2.75) is 161 Å². The third-order valence-corrected chi connectivity index (χ3v) is 7.26. The maximum atomic E-state index is 12.6. The van der Waals surface area contributed by atoms with Gasteiger partial charge in [0.15, 0.2) is 11.9 Å². The zero-order chi connectivity index (χ0) is 30.6. The molecule has 0 fully saturated rings. The largest absolute Gasteiger partial charge is 0.387 e.